The van der Waals surface area contributed by atoms with Crippen LogP contribution in [0.15, 0.2) is 33.9 Å². The number of benzene rings is 1. The van der Waals surface area contributed by atoms with Crippen LogP contribution in [0, 0.1) is 0 Å². The summed E-state index contributed by atoms with van der Waals surface area (Å²) < 4.78 is 24.3. The highest BCUT2D eigenvalue weighted by atomic mass is 79.9. The number of nitrogens with one attached hydrogen (secondary N) is 1. The van der Waals surface area contributed by atoms with Crippen molar-refractivity contribution in [2.24, 2.45) is 0 Å². The number of rotatable bonds is 6. The molecule has 0 unspecified atom stereocenters. The van der Waals surface area contributed by atoms with Gasteiger partial charge in [-0.3, -0.25) is 9.89 Å². The van der Waals surface area contributed by atoms with Crippen LogP contribution in [0.5, 0.6) is 0 Å². The van der Waals surface area contributed by atoms with E-state index in [4.69, 9.17) is 0 Å². The Morgan fingerprint density at radius 3 is 2.73 bits per heavy atom. The highest BCUT2D eigenvalue weighted by Crippen LogP contribution is 2.23. The molecule has 0 saturated carbocycles. The fourth-order valence-electron chi connectivity index (χ4n) is 2.92. The van der Waals surface area contributed by atoms with Crippen molar-refractivity contribution in [2.75, 3.05) is 23.8 Å². The first-order chi connectivity index (χ1) is 12.4. The molecule has 10 heteroatoms. The number of sulfone groups is 1. The standard InChI is InChI=1S/C16H19BrN4O3S2/c1-2-21(13-7-8-26(23,24)10-13)14(22)9-25-16-18-15(19-20-16)11-3-5-12(17)6-4-11/h3-6,13H,2,7-10H2,1H3,(H,18,19,20)/t13-/m0/s1. The van der Waals surface area contributed by atoms with Crippen LogP contribution in [-0.4, -0.2) is 64.3 Å². The van der Waals surface area contributed by atoms with Crippen molar-refractivity contribution in [1.29, 1.82) is 0 Å². The van der Waals surface area contributed by atoms with Gasteiger partial charge >= 0.3 is 0 Å². The Balaban J connectivity index is 1.60. The Bertz CT molecular complexity index is 883. The molecule has 7 nitrogen and oxygen atoms in total. The molecule has 2 heterocycles. The fourth-order valence-corrected chi connectivity index (χ4v) is 5.60. The van der Waals surface area contributed by atoms with Crippen LogP contribution in [-0.2, 0) is 14.6 Å². The van der Waals surface area contributed by atoms with E-state index in [1.54, 1.807) is 4.90 Å². The summed E-state index contributed by atoms with van der Waals surface area (Å²) in [6.45, 7) is 2.36. The van der Waals surface area contributed by atoms with Crippen LogP contribution in [0.3, 0.4) is 0 Å². The number of carbonyl (C=O) groups is 1. The van der Waals surface area contributed by atoms with Gasteiger partial charge in [0.15, 0.2) is 15.7 Å². The first-order valence-corrected chi connectivity index (χ1v) is 11.8. The van der Waals surface area contributed by atoms with Gasteiger partial charge in [-0.15, -0.1) is 5.10 Å². The topological polar surface area (TPSA) is 96.0 Å². The molecule has 1 aromatic carbocycles. The minimum absolute atomic E-state index is 0.0611. The van der Waals surface area contributed by atoms with Gasteiger partial charge in [-0.25, -0.2) is 13.4 Å². The van der Waals surface area contributed by atoms with Crippen LogP contribution in [0.1, 0.15) is 13.3 Å². The molecule has 1 N–H and O–H groups in total. The normalized spacial score (nSPS) is 18.8. The van der Waals surface area contributed by atoms with E-state index in [1.807, 2.05) is 31.2 Å². The van der Waals surface area contributed by atoms with E-state index in [-0.39, 0.29) is 29.2 Å². The number of aromatic amines is 1. The van der Waals surface area contributed by atoms with Crippen molar-refractivity contribution < 1.29 is 13.2 Å². The number of halogens is 1. The molecule has 1 aromatic heterocycles. The lowest BCUT2D eigenvalue weighted by Gasteiger charge is -2.26. The fraction of sp³-hybridized carbons (Fsp3) is 0.438. The van der Waals surface area contributed by atoms with Crippen LogP contribution in [0.25, 0.3) is 11.4 Å². The first kappa shape index (κ1) is 19.4. The van der Waals surface area contributed by atoms with Crippen molar-refractivity contribution in [3.05, 3.63) is 28.7 Å². The van der Waals surface area contributed by atoms with Crippen LogP contribution in [0.4, 0.5) is 0 Å². The van der Waals surface area contributed by atoms with Crippen molar-refractivity contribution >= 4 is 43.4 Å². The van der Waals surface area contributed by atoms with Crippen molar-refractivity contribution in [3.63, 3.8) is 0 Å². The van der Waals surface area contributed by atoms with Gasteiger partial charge in [0.05, 0.1) is 17.3 Å². The SMILES string of the molecule is CCN(C(=O)CSc1n[nH]c(-c2ccc(Br)cc2)n1)[C@H]1CCS(=O)(=O)C1. The quantitative estimate of drug-likeness (QED) is 0.667. The number of aromatic nitrogens is 3. The molecule has 1 amide bonds. The maximum Gasteiger partial charge on any atom is 0.233 e. The Labute approximate surface area is 165 Å². The second-order valence-electron chi connectivity index (χ2n) is 6.00. The monoisotopic (exact) mass is 458 g/mol. The lowest BCUT2D eigenvalue weighted by atomic mass is 10.2. The average Bonchev–Trinajstić information content (AvgIpc) is 3.21. The molecule has 1 saturated heterocycles. The summed E-state index contributed by atoms with van der Waals surface area (Å²) in [5.74, 6) is 0.955. The summed E-state index contributed by atoms with van der Waals surface area (Å²) in [6.07, 6.45) is 0.515. The van der Waals surface area contributed by atoms with Crippen molar-refractivity contribution in [2.45, 2.75) is 24.5 Å². The van der Waals surface area contributed by atoms with Gasteiger partial charge in [-0.2, -0.15) is 0 Å². The van der Waals surface area contributed by atoms with E-state index in [9.17, 15) is 13.2 Å². The van der Waals surface area contributed by atoms with Gasteiger partial charge in [-0.1, -0.05) is 39.8 Å². The lowest BCUT2D eigenvalue weighted by Crippen LogP contribution is -2.41. The maximum absolute atomic E-state index is 12.5. The Morgan fingerprint density at radius 2 is 2.12 bits per heavy atom. The van der Waals surface area contributed by atoms with E-state index in [0.29, 0.717) is 23.9 Å². The number of thioether (sulfide) groups is 1. The van der Waals surface area contributed by atoms with Gasteiger partial charge < -0.3 is 4.90 Å². The number of nitrogens with zero attached hydrogens (tertiary/aromatic N) is 3. The first-order valence-electron chi connectivity index (χ1n) is 8.19. The minimum atomic E-state index is -3.02. The molecule has 1 aliphatic rings. The third-order valence-electron chi connectivity index (χ3n) is 4.22. The third kappa shape index (κ3) is 4.66. The number of amides is 1. The molecule has 0 aliphatic carbocycles. The Kier molecular flexibility index (Phi) is 6.03. The molecule has 0 radical (unpaired) electrons. The Hall–Kier alpha value is -1.39. The summed E-state index contributed by atoms with van der Waals surface area (Å²) in [5, 5.41) is 7.51. The third-order valence-corrected chi connectivity index (χ3v) is 7.33. The minimum Gasteiger partial charge on any atom is -0.338 e. The van der Waals surface area contributed by atoms with Gasteiger partial charge in [0, 0.05) is 22.6 Å². The second kappa shape index (κ2) is 8.10. The summed E-state index contributed by atoms with van der Waals surface area (Å²) in [7, 11) is -3.02. The molecular weight excluding hydrogens is 440 g/mol. The smallest absolute Gasteiger partial charge is 0.233 e. The number of hydrogen-bond donors (Lipinski definition) is 1. The predicted octanol–water partition coefficient (Wildman–Crippen LogP) is 2.36. The number of hydrogen-bond acceptors (Lipinski definition) is 6. The van der Waals surface area contributed by atoms with Crippen LogP contribution in [0.2, 0.25) is 0 Å². The Morgan fingerprint density at radius 1 is 1.38 bits per heavy atom. The lowest BCUT2D eigenvalue weighted by molar-refractivity contribution is -0.129. The predicted molar refractivity (Wildman–Crippen MR) is 105 cm³/mol. The van der Waals surface area contributed by atoms with Gasteiger partial charge in [-0.05, 0) is 25.5 Å². The highest BCUT2D eigenvalue weighted by molar-refractivity contribution is 9.10. The second-order valence-corrected chi connectivity index (χ2v) is 10.1. The zero-order valence-corrected chi connectivity index (χ0v) is 17.4. The molecule has 1 aliphatic heterocycles. The highest BCUT2D eigenvalue weighted by Gasteiger charge is 2.33. The number of carbonyl (C=O) groups excluding carboxylic acids is 1. The van der Waals surface area contributed by atoms with Gasteiger partial charge in [0.2, 0.25) is 11.1 Å². The van der Waals surface area contributed by atoms with E-state index >= 15 is 0 Å². The zero-order valence-electron chi connectivity index (χ0n) is 14.2. The molecule has 140 valence electrons. The molecule has 1 atom stereocenters. The number of H-pyrrole nitrogens is 1. The van der Waals surface area contributed by atoms with Crippen molar-refractivity contribution in [3.8, 4) is 11.4 Å². The average molecular weight is 459 g/mol. The largest absolute Gasteiger partial charge is 0.338 e. The summed E-state index contributed by atoms with van der Waals surface area (Å²) >= 11 is 4.64. The van der Waals surface area contributed by atoms with E-state index < -0.39 is 9.84 Å². The molecule has 2 aromatic rings. The molecule has 0 spiro atoms. The maximum atomic E-state index is 12.5. The van der Waals surface area contributed by atoms with Gasteiger partial charge in [0.1, 0.15) is 0 Å². The van der Waals surface area contributed by atoms with Crippen LogP contribution < -0.4 is 0 Å². The molecule has 26 heavy (non-hydrogen) atoms. The zero-order chi connectivity index (χ0) is 18.7. The summed E-state index contributed by atoms with van der Waals surface area (Å²) in [5.41, 5.74) is 0.908. The van der Waals surface area contributed by atoms with E-state index in [1.165, 1.54) is 11.8 Å². The summed E-state index contributed by atoms with van der Waals surface area (Å²) in [4.78, 5) is 18.6. The van der Waals surface area contributed by atoms with E-state index in [0.717, 1.165) is 10.0 Å². The molecular formula is C16H19BrN4O3S2. The van der Waals surface area contributed by atoms with Crippen LogP contribution >= 0.6 is 27.7 Å². The van der Waals surface area contributed by atoms with E-state index in [2.05, 4.69) is 31.1 Å². The summed E-state index contributed by atoms with van der Waals surface area (Å²) in [6, 6.07) is 7.46. The molecule has 1 fully saturated rings. The van der Waals surface area contributed by atoms with Gasteiger partial charge in [0.25, 0.3) is 0 Å². The molecule has 0 bridgehead atoms. The van der Waals surface area contributed by atoms with Crippen molar-refractivity contribution in [1.82, 2.24) is 20.1 Å². The molecule has 3 rings (SSSR count).